The number of rotatable bonds is 4. The van der Waals surface area contributed by atoms with Crippen molar-refractivity contribution in [1.82, 2.24) is 9.78 Å². The maximum atomic E-state index is 5.63. The fourth-order valence-electron chi connectivity index (χ4n) is 2.81. The molecule has 0 saturated carbocycles. The van der Waals surface area contributed by atoms with Gasteiger partial charge in [-0.1, -0.05) is 37.8 Å². The Bertz CT molecular complexity index is 836. The minimum atomic E-state index is -1.66. The molecular weight excluding hydrogens is 304 g/mol. The summed E-state index contributed by atoms with van der Waals surface area (Å²) in [6.45, 7) is 6.88. The summed E-state index contributed by atoms with van der Waals surface area (Å²) >= 11 is 0. The number of hydrogen-bond acceptors (Lipinski definition) is 3. The summed E-state index contributed by atoms with van der Waals surface area (Å²) in [6, 6.07) is 14.1. The van der Waals surface area contributed by atoms with Gasteiger partial charge in [0.15, 0.2) is 0 Å². The monoisotopic (exact) mass is 326 g/mol. The van der Waals surface area contributed by atoms with Gasteiger partial charge in [-0.15, -0.1) is 0 Å². The fraction of sp³-hybridized carbons (Fsp3) is 0.278. The first-order valence-corrected chi connectivity index (χ1v) is 11.2. The Balaban J connectivity index is 2.46. The zero-order valence-electron chi connectivity index (χ0n) is 14.3. The molecule has 1 heterocycles. The number of methoxy groups -OCH3 is 2. The van der Waals surface area contributed by atoms with Crippen LogP contribution in [0.1, 0.15) is 0 Å². The van der Waals surface area contributed by atoms with E-state index < -0.39 is 8.07 Å². The topological polar surface area (TPSA) is 36.3 Å². The summed E-state index contributed by atoms with van der Waals surface area (Å²) in [5.41, 5.74) is 1.99. The lowest BCUT2D eigenvalue weighted by Gasteiger charge is -2.14. The third-order valence-corrected chi connectivity index (χ3v) is 5.67. The molecule has 5 heteroatoms. The van der Waals surface area contributed by atoms with Crippen LogP contribution in [0.15, 0.2) is 42.5 Å². The highest BCUT2D eigenvalue weighted by Gasteiger charge is 2.28. The Morgan fingerprint density at radius 2 is 1.48 bits per heavy atom. The van der Waals surface area contributed by atoms with Crippen molar-refractivity contribution in [3.05, 3.63) is 42.5 Å². The van der Waals surface area contributed by atoms with Gasteiger partial charge in [-0.25, -0.2) is 4.68 Å². The molecule has 0 radical (unpaired) electrons. The third kappa shape index (κ3) is 2.61. The molecule has 0 atom stereocenters. The molecule has 0 saturated heterocycles. The van der Waals surface area contributed by atoms with Gasteiger partial charge in [-0.05, 0) is 24.3 Å². The van der Waals surface area contributed by atoms with E-state index in [-0.39, 0.29) is 0 Å². The van der Waals surface area contributed by atoms with Gasteiger partial charge >= 0.3 is 0 Å². The minimum absolute atomic E-state index is 0.807. The lowest BCUT2D eigenvalue weighted by Crippen LogP contribution is -2.39. The van der Waals surface area contributed by atoms with Gasteiger partial charge in [0.05, 0.1) is 30.6 Å². The quantitative estimate of drug-likeness (QED) is 0.688. The van der Waals surface area contributed by atoms with Gasteiger partial charge in [-0.3, -0.25) is 0 Å². The number of hydrogen-bond donors (Lipinski definition) is 0. The van der Waals surface area contributed by atoms with Crippen LogP contribution in [-0.2, 0) is 0 Å². The van der Waals surface area contributed by atoms with Crippen molar-refractivity contribution in [2.24, 2.45) is 0 Å². The third-order valence-electron chi connectivity index (χ3n) is 3.90. The number of aromatic nitrogens is 2. The van der Waals surface area contributed by atoms with Crippen LogP contribution in [0, 0.1) is 0 Å². The summed E-state index contributed by atoms with van der Waals surface area (Å²) in [7, 11) is 1.74. The normalized spacial score (nSPS) is 11.7. The molecule has 2 aromatic carbocycles. The molecule has 1 aromatic heterocycles. The molecule has 3 rings (SSSR count). The summed E-state index contributed by atoms with van der Waals surface area (Å²) in [6.07, 6.45) is 0. The predicted octanol–water partition coefficient (Wildman–Crippen LogP) is 3.59. The Morgan fingerprint density at radius 3 is 2.04 bits per heavy atom. The van der Waals surface area contributed by atoms with Crippen LogP contribution in [0.25, 0.3) is 16.6 Å². The van der Waals surface area contributed by atoms with Gasteiger partial charge in [0.1, 0.15) is 25.1 Å². The maximum absolute atomic E-state index is 5.63. The highest BCUT2D eigenvalue weighted by atomic mass is 28.3. The van der Waals surface area contributed by atoms with Crippen LogP contribution >= 0.6 is 0 Å². The van der Waals surface area contributed by atoms with Crippen molar-refractivity contribution in [3.63, 3.8) is 0 Å². The van der Waals surface area contributed by atoms with Crippen molar-refractivity contribution in [2.45, 2.75) is 19.6 Å². The van der Waals surface area contributed by atoms with E-state index in [2.05, 4.69) is 31.8 Å². The van der Waals surface area contributed by atoms with Gasteiger partial charge in [-0.2, -0.15) is 5.10 Å². The Kier molecular flexibility index (Phi) is 3.89. The molecular formula is C18H22N2O2Si. The zero-order chi connectivity index (χ0) is 16.6. The summed E-state index contributed by atoms with van der Waals surface area (Å²) in [5, 5.41) is 7.16. The van der Waals surface area contributed by atoms with E-state index in [0.717, 1.165) is 33.4 Å². The lowest BCUT2D eigenvalue weighted by atomic mass is 10.2. The minimum Gasteiger partial charge on any atom is -0.496 e. The second-order valence-corrected chi connectivity index (χ2v) is 11.5. The second-order valence-electron chi connectivity index (χ2n) is 6.54. The Hall–Kier alpha value is -2.27. The van der Waals surface area contributed by atoms with E-state index in [1.165, 1.54) is 0 Å². The van der Waals surface area contributed by atoms with E-state index in [1.807, 2.05) is 35.0 Å². The summed E-state index contributed by atoms with van der Waals surface area (Å²) in [5.74, 6) is 1.65. The van der Waals surface area contributed by atoms with Crippen molar-refractivity contribution in [2.75, 3.05) is 14.2 Å². The maximum Gasteiger partial charge on any atom is 0.145 e. The number of benzene rings is 2. The number of fused-ring (bicyclic) bond motifs is 1. The Morgan fingerprint density at radius 1 is 0.870 bits per heavy atom. The summed E-state index contributed by atoms with van der Waals surface area (Å²) < 4.78 is 13.2. The van der Waals surface area contributed by atoms with Crippen molar-refractivity contribution >= 4 is 24.3 Å². The number of para-hydroxylation sites is 1. The number of nitrogens with zero attached hydrogens (tertiary/aromatic N) is 2. The molecule has 0 aliphatic rings. The Labute approximate surface area is 137 Å². The molecule has 0 aliphatic heterocycles. The molecule has 23 heavy (non-hydrogen) atoms. The molecule has 0 N–H and O–H groups in total. The van der Waals surface area contributed by atoms with Crippen LogP contribution in [-0.4, -0.2) is 32.1 Å². The van der Waals surface area contributed by atoms with E-state index in [9.17, 15) is 0 Å². The smallest absolute Gasteiger partial charge is 0.145 e. The average molecular weight is 326 g/mol. The molecule has 0 amide bonds. The lowest BCUT2D eigenvalue weighted by molar-refractivity contribution is 0.409. The van der Waals surface area contributed by atoms with E-state index >= 15 is 0 Å². The molecule has 4 nitrogen and oxygen atoms in total. The summed E-state index contributed by atoms with van der Waals surface area (Å²) in [4.78, 5) is 0. The predicted molar refractivity (Wildman–Crippen MR) is 97.2 cm³/mol. The molecule has 0 spiro atoms. The molecule has 0 bridgehead atoms. The first-order valence-electron chi connectivity index (χ1n) is 7.67. The highest BCUT2D eigenvalue weighted by Crippen LogP contribution is 2.34. The van der Waals surface area contributed by atoms with E-state index in [4.69, 9.17) is 14.6 Å². The van der Waals surface area contributed by atoms with Crippen LogP contribution in [0.3, 0.4) is 0 Å². The highest BCUT2D eigenvalue weighted by molar-refractivity contribution is 6.89. The molecule has 0 aliphatic carbocycles. The largest absolute Gasteiger partial charge is 0.496 e. The first kappa shape index (κ1) is 15.6. The fourth-order valence-corrected chi connectivity index (χ4v) is 4.20. The van der Waals surface area contributed by atoms with Crippen molar-refractivity contribution in [3.8, 4) is 17.2 Å². The SMILES string of the molecule is COc1ccc(OC)c2c1c([Si](C)(C)C)nn2-c1ccccc1. The van der Waals surface area contributed by atoms with Crippen LogP contribution in [0.4, 0.5) is 0 Å². The molecule has 0 fully saturated rings. The van der Waals surface area contributed by atoms with E-state index in [1.54, 1.807) is 14.2 Å². The molecule has 0 unspecified atom stereocenters. The number of ether oxygens (including phenoxy) is 2. The van der Waals surface area contributed by atoms with Gasteiger partial charge in [0.2, 0.25) is 0 Å². The zero-order valence-corrected chi connectivity index (χ0v) is 15.3. The van der Waals surface area contributed by atoms with Crippen LogP contribution < -0.4 is 14.8 Å². The second kappa shape index (κ2) is 5.74. The standard InChI is InChI=1S/C18H22N2O2Si/c1-21-14-11-12-15(22-2)17-16(14)18(23(3,4)5)19-20(17)13-9-7-6-8-10-13/h6-12H,1-5H3. The van der Waals surface area contributed by atoms with Gasteiger partial charge < -0.3 is 9.47 Å². The molecule has 120 valence electrons. The van der Waals surface area contributed by atoms with Gasteiger partial charge in [0, 0.05) is 0 Å². The van der Waals surface area contributed by atoms with Gasteiger partial charge in [0.25, 0.3) is 0 Å². The molecule has 3 aromatic rings. The average Bonchev–Trinajstić information content (AvgIpc) is 2.96. The van der Waals surface area contributed by atoms with Crippen molar-refractivity contribution in [1.29, 1.82) is 0 Å². The first-order chi connectivity index (χ1) is 11.0. The van der Waals surface area contributed by atoms with Crippen molar-refractivity contribution < 1.29 is 9.47 Å². The van der Waals surface area contributed by atoms with Crippen LogP contribution in [0.2, 0.25) is 19.6 Å². The van der Waals surface area contributed by atoms with Crippen LogP contribution in [0.5, 0.6) is 11.5 Å². The van der Waals surface area contributed by atoms with E-state index in [0.29, 0.717) is 0 Å².